The van der Waals surface area contributed by atoms with Crippen molar-refractivity contribution in [1.82, 2.24) is 9.97 Å². The normalized spacial score (nSPS) is 20.8. The number of ether oxygens (including phenoxy) is 1. The van der Waals surface area contributed by atoms with E-state index in [1.165, 1.54) is 44.1 Å². The van der Waals surface area contributed by atoms with Crippen LogP contribution in [0.2, 0.25) is 0 Å². The Balaban J connectivity index is 1.61. The number of aromatic nitrogens is 2. The first-order chi connectivity index (χ1) is 12.2. The van der Waals surface area contributed by atoms with Crippen molar-refractivity contribution in [3.05, 3.63) is 28.4 Å². The van der Waals surface area contributed by atoms with Crippen LogP contribution >= 0.6 is 15.9 Å². The Kier molecular flexibility index (Phi) is 6.65. The lowest BCUT2D eigenvalue weighted by molar-refractivity contribution is 0.181. The summed E-state index contributed by atoms with van der Waals surface area (Å²) >= 11 is 3.57. The maximum absolute atomic E-state index is 5.16. The summed E-state index contributed by atoms with van der Waals surface area (Å²) in [5, 5.41) is 4.66. The zero-order valence-electron chi connectivity index (χ0n) is 15.2. The van der Waals surface area contributed by atoms with Gasteiger partial charge in [-0.3, -0.25) is 0 Å². The number of anilines is 1. The van der Waals surface area contributed by atoms with E-state index in [2.05, 4.69) is 45.3 Å². The lowest BCUT2D eigenvalue weighted by Crippen LogP contribution is -2.27. The second-order valence-corrected chi connectivity index (χ2v) is 7.96. The zero-order chi connectivity index (χ0) is 17.6. The molecule has 0 amide bonds. The molecule has 0 radical (unpaired) electrons. The molecule has 1 aliphatic carbocycles. The van der Waals surface area contributed by atoms with Crippen LogP contribution in [0.15, 0.2) is 22.8 Å². The average molecular weight is 406 g/mol. The van der Waals surface area contributed by atoms with Gasteiger partial charge >= 0.3 is 0 Å². The number of hydrogen-bond acceptors (Lipinski definition) is 4. The fraction of sp³-hybridized carbons (Fsp3) is 0.600. The summed E-state index contributed by atoms with van der Waals surface area (Å²) in [7, 11) is 1.78. The summed E-state index contributed by atoms with van der Waals surface area (Å²) in [5.74, 6) is 1.63. The van der Waals surface area contributed by atoms with Gasteiger partial charge in [0, 0.05) is 35.8 Å². The van der Waals surface area contributed by atoms with E-state index in [1.807, 2.05) is 6.20 Å². The molecule has 1 aromatic heterocycles. The minimum absolute atomic E-state index is 0.497. The third-order valence-electron chi connectivity index (χ3n) is 5.25. The van der Waals surface area contributed by atoms with Crippen LogP contribution in [0.3, 0.4) is 0 Å². The maximum Gasteiger partial charge on any atom is 0.223 e. The van der Waals surface area contributed by atoms with Crippen molar-refractivity contribution in [2.24, 2.45) is 5.92 Å². The van der Waals surface area contributed by atoms with E-state index in [4.69, 9.17) is 9.72 Å². The summed E-state index contributed by atoms with van der Waals surface area (Å²) in [6.45, 7) is 3.06. The van der Waals surface area contributed by atoms with Crippen molar-refractivity contribution >= 4 is 32.8 Å². The van der Waals surface area contributed by atoms with Gasteiger partial charge in [0.25, 0.3) is 0 Å². The molecule has 0 atom stereocenters. The van der Waals surface area contributed by atoms with Crippen LogP contribution in [0.4, 0.5) is 5.95 Å². The summed E-state index contributed by atoms with van der Waals surface area (Å²) in [6, 6.07) is 4.74. The van der Waals surface area contributed by atoms with Gasteiger partial charge in [0.05, 0.1) is 5.52 Å². The molecular formula is C20H28BrN3O. The van der Waals surface area contributed by atoms with Crippen LogP contribution in [-0.2, 0) is 11.2 Å². The van der Waals surface area contributed by atoms with E-state index >= 15 is 0 Å². The largest absolute Gasteiger partial charge is 0.385 e. The van der Waals surface area contributed by atoms with Gasteiger partial charge < -0.3 is 10.1 Å². The fourth-order valence-corrected chi connectivity index (χ4v) is 4.34. The number of fused-ring (bicyclic) bond motifs is 1. The lowest BCUT2D eigenvalue weighted by atomic mass is 9.83. The Hall–Kier alpha value is -1.20. The van der Waals surface area contributed by atoms with Gasteiger partial charge in [0.15, 0.2) is 0 Å². The van der Waals surface area contributed by atoms with Crippen LogP contribution in [0, 0.1) is 5.92 Å². The molecule has 0 saturated heterocycles. The Morgan fingerprint density at radius 3 is 2.76 bits per heavy atom. The average Bonchev–Trinajstić information content (AvgIpc) is 2.63. The molecule has 0 bridgehead atoms. The zero-order valence-corrected chi connectivity index (χ0v) is 16.8. The third-order valence-corrected chi connectivity index (χ3v) is 5.71. The highest BCUT2D eigenvalue weighted by Gasteiger charge is 2.21. The Labute approximate surface area is 158 Å². The molecule has 0 spiro atoms. The SMILES string of the molecule is CCc1cc(Br)cc2cnc(NC3CCC(CCCOC)CC3)nc12. The molecule has 1 fully saturated rings. The predicted octanol–water partition coefficient (Wildman–Crippen LogP) is 5.35. The molecule has 0 aliphatic heterocycles. The minimum Gasteiger partial charge on any atom is -0.385 e. The predicted molar refractivity (Wildman–Crippen MR) is 107 cm³/mol. The summed E-state index contributed by atoms with van der Waals surface area (Å²) in [5.41, 5.74) is 2.33. The fourth-order valence-electron chi connectivity index (χ4n) is 3.81. The van der Waals surface area contributed by atoms with Gasteiger partial charge in [-0.1, -0.05) is 22.9 Å². The van der Waals surface area contributed by atoms with Gasteiger partial charge in [-0.2, -0.15) is 0 Å². The number of benzene rings is 1. The monoisotopic (exact) mass is 405 g/mol. The van der Waals surface area contributed by atoms with Crippen molar-refractivity contribution < 1.29 is 4.74 Å². The molecule has 136 valence electrons. The van der Waals surface area contributed by atoms with Crippen LogP contribution < -0.4 is 5.32 Å². The first-order valence-corrected chi connectivity index (χ1v) is 10.2. The van der Waals surface area contributed by atoms with Gasteiger partial charge in [-0.05, 0) is 68.6 Å². The molecule has 4 nitrogen and oxygen atoms in total. The molecule has 0 unspecified atom stereocenters. The number of nitrogens with one attached hydrogen (secondary N) is 1. The third kappa shape index (κ3) is 4.91. The van der Waals surface area contributed by atoms with E-state index in [0.717, 1.165) is 40.3 Å². The second-order valence-electron chi connectivity index (χ2n) is 7.05. The van der Waals surface area contributed by atoms with Crippen LogP contribution in [0.1, 0.15) is 51.0 Å². The van der Waals surface area contributed by atoms with Gasteiger partial charge in [-0.15, -0.1) is 0 Å². The molecule has 5 heteroatoms. The molecule has 1 saturated carbocycles. The standard InChI is InChI=1S/C20H28BrN3O/c1-3-15-11-17(21)12-16-13-22-20(24-19(15)16)23-18-8-6-14(7-9-18)5-4-10-25-2/h11-14,18H,3-10H2,1-2H3,(H,22,23,24). The van der Waals surface area contributed by atoms with Gasteiger partial charge in [-0.25, -0.2) is 9.97 Å². The lowest BCUT2D eigenvalue weighted by Gasteiger charge is -2.29. The van der Waals surface area contributed by atoms with Crippen LogP contribution in [0.5, 0.6) is 0 Å². The molecule has 25 heavy (non-hydrogen) atoms. The molecule has 1 aromatic carbocycles. The van der Waals surface area contributed by atoms with Gasteiger partial charge in [0.2, 0.25) is 5.95 Å². The molecule has 1 heterocycles. The molecule has 2 aromatic rings. The first-order valence-electron chi connectivity index (χ1n) is 9.40. The molecular weight excluding hydrogens is 378 g/mol. The second kappa shape index (κ2) is 8.95. The number of aryl methyl sites for hydroxylation is 1. The summed E-state index contributed by atoms with van der Waals surface area (Å²) < 4.78 is 6.25. The highest BCUT2D eigenvalue weighted by molar-refractivity contribution is 9.10. The van der Waals surface area contributed by atoms with Crippen molar-refractivity contribution in [3.8, 4) is 0 Å². The molecule has 3 rings (SSSR count). The van der Waals surface area contributed by atoms with Crippen molar-refractivity contribution in [2.45, 2.75) is 57.9 Å². The van der Waals surface area contributed by atoms with E-state index in [-0.39, 0.29) is 0 Å². The quantitative estimate of drug-likeness (QED) is 0.630. The van der Waals surface area contributed by atoms with E-state index in [0.29, 0.717) is 6.04 Å². The number of hydrogen-bond donors (Lipinski definition) is 1. The molecule has 1 aliphatic rings. The number of methoxy groups -OCH3 is 1. The van der Waals surface area contributed by atoms with Crippen molar-refractivity contribution in [2.75, 3.05) is 19.0 Å². The first kappa shape index (κ1) is 18.6. The highest BCUT2D eigenvalue weighted by atomic mass is 79.9. The Bertz CT molecular complexity index is 699. The van der Waals surface area contributed by atoms with E-state index < -0.39 is 0 Å². The van der Waals surface area contributed by atoms with Crippen LogP contribution in [0.25, 0.3) is 10.9 Å². The van der Waals surface area contributed by atoms with E-state index in [9.17, 15) is 0 Å². The summed E-state index contributed by atoms with van der Waals surface area (Å²) in [6.07, 6.45) is 10.4. The number of nitrogens with zero attached hydrogens (tertiary/aromatic N) is 2. The highest BCUT2D eigenvalue weighted by Crippen LogP contribution is 2.30. The topological polar surface area (TPSA) is 47.0 Å². The smallest absolute Gasteiger partial charge is 0.223 e. The number of halogens is 1. The number of rotatable bonds is 7. The Morgan fingerprint density at radius 1 is 1.24 bits per heavy atom. The van der Waals surface area contributed by atoms with Crippen LogP contribution in [-0.4, -0.2) is 29.7 Å². The molecule has 1 N–H and O–H groups in total. The minimum atomic E-state index is 0.497. The Morgan fingerprint density at radius 2 is 2.04 bits per heavy atom. The summed E-state index contributed by atoms with van der Waals surface area (Å²) in [4.78, 5) is 9.34. The van der Waals surface area contributed by atoms with Crippen molar-refractivity contribution in [3.63, 3.8) is 0 Å². The van der Waals surface area contributed by atoms with Gasteiger partial charge in [0.1, 0.15) is 0 Å². The maximum atomic E-state index is 5.16. The van der Waals surface area contributed by atoms with Crippen molar-refractivity contribution in [1.29, 1.82) is 0 Å². The van der Waals surface area contributed by atoms with E-state index in [1.54, 1.807) is 7.11 Å².